The topological polar surface area (TPSA) is 67.9 Å². The number of ether oxygens (including phenoxy) is 2. The maximum absolute atomic E-state index is 12.7. The molecule has 28 heavy (non-hydrogen) atoms. The van der Waals surface area contributed by atoms with Gasteiger partial charge in [0.05, 0.1) is 31.1 Å². The number of nitrogens with zero attached hydrogens (tertiary/aromatic N) is 1. The number of nitrogens with one attached hydrogen (secondary N) is 1. The molecule has 2 aromatic rings. The standard InChI is InChI=1S/C21H23ClN2O4/c22-16-7-9-17(10-8-16)28-13-3-6-20(25)23-19-5-2-1-4-18(19)21(26)24-11-14-27-15-12-24/h1-2,4-5,7-10H,3,6,11-15H2,(H,23,25). The third kappa shape index (κ3) is 5.71. The zero-order valence-corrected chi connectivity index (χ0v) is 16.3. The van der Waals surface area contributed by atoms with Crippen molar-refractivity contribution < 1.29 is 19.1 Å². The predicted molar refractivity (Wildman–Crippen MR) is 108 cm³/mol. The van der Waals surface area contributed by atoms with Gasteiger partial charge in [0.15, 0.2) is 0 Å². The van der Waals surface area contributed by atoms with Crippen molar-refractivity contribution in [3.05, 3.63) is 59.1 Å². The highest BCUT2D eigenvalue weighted by Gasteiger charge is 2.21. The molecule has 0 radical (unpaired) electrons. The van der Waals surface area contributed by atoms with Gasteiger partial charge in [-0.3, -0.25) is 9.59 Å². The zero-order valence-electron chi connectivity index (χ0n) is 15.5. The Morgan fingerprint density at radius 2 is 1.79 bits per heavy atom. The van der Waals surface area contributed by atoms with Gasteiger partial charge in [0, 0.05) is 24.5 Å². The Morgan fingerprint density at radius 1 is 1.07 bits per heavy atom. The van der Waals surface area contributed by atoms with E-state index in [1.54, 1.807) is 53.4 Å². The molecule has 6 nitrogen and oxygen atoms in total. The minimum absolute atomic E-state index is 0.0923. The van der Waals surface area contributed by atoms with Gasteiger partial charge in [0.25, 0.3) is 5.91 Å². The van der Waals surface area contributed by atoms with E-state index in [4.69, 9.17) is 21.1 Å². The summed E-state index contributed by atoms with van der Waals surface area (Å²) in [4.78, 5) is 26.8. The molecule has 1 fully saturated rings. The molecule has 2 aromatic carbocycles. The minimum atomic E-state index is -0.151. The molecule has 0 aliphatic carbocycles. The van der Waals surface area contributed by atoms with Crippen LogP contribution in [0.1, 0.15) is 23.2 Å². The molecule has 1 saturated heterocycles. The zero-order chi connectivity index (χ0) is 19.8. The second kappa shape index (κ2) is 10.1. The maximum atomic E-state index is 12.7. The largest absolute Gasteiger partial charge is 0.494 e. The maximum Gasteiger partial charge on any atom is 0.256 e. The van der Waals surface area contributed by atoms with E-state index in [1.807, 2.05) is 0 Å². The molecule has 7 heteroatoms. The van der Waals surface area contributed by atoms with Gasteiger partial charge in [0.2, 0.25) is 5.91 Å². The summed E-state index contributed by atoms with van der Waals surface area (Å²) in [5, 5.41) is 3.50. The van der Waals surface area contributed by atoms with Crippen LogP contribution in [0.5, 0.6) is 5.75 Å². The van der Waals surface area contributed by atoms with Crippen LogP contribution in [-0.4, -0.2) is 49.6 Å². The molecule has 1 heterocycles. The summed E-state index contributed by atoms with van der Waals surface area (Å²) in [6.07, 6.45) is 0.863. The molecule has 0 atom stereocenters. The highest BCUT2D eigenvalue weighted by molar-refractivity contribution is 6.30. The van der Waals surface area contributed by atoms with Crippen LogP contribution in [0.15, 0.2) is 48.5 Å². The van der Waals surface area contributed by atoms with Gasteiger partial charge in [0.1, 0.15) is 5.75 Å². The number of hydrogen-bond donors (Lipinski definition) is 1. The van der Waals surface area contributed by atoms with Gasteiger partial charge in [-0.2, -0.15) is 0 Å². The van der Waals surface area contributed by atoms with Gasteiger partial charge in [-0.05, 0) is 42.8 Å². The fraction of sp³-hybridized carbons (Fsp3) is 0.333. The molecule has 0 unspecified atom stereocenters. The van der Waals surface area contributed by atoms with E-state index in [2.05, 4.69) is 5.32 Å². The normalized spacial score (nSPS) is 13.8. The van der Waals surface area contributed by atoms with Crippen LogP contribution in [0.4, 0.5) is 5.69 Å². The lowest BCUT2D eigenvalue weighted by Crippen LogP contribution is -2.41. The van der Waals surface area contributed by atoms with Crippen LogP contribution in [0.2, 0.25) is 5.02 Å². The molecule has 1 aliphatic heterocycles. The van der Waals surface area contributed by atoms with Crippen molar-refractivity contribution in [3.8, 4) is 5.75 Å². The first-order chi connectivity index (χ1) is 13.6. The summed E-state index contributed by atoms with van der Waals surface area (Å²) in [7, 11) is 0. The minimum Gasteiger partial charge on any atom is -0.494 e. The Labute approximate surface area is 169 Å². The highest BCUT2D eigenvalue weighted by Crippen LogP contribution is 2.19. The van der Waals surface area contributed by atoms with Crippen molar-refractivity contribution in [1.82, 2.24) is 4.90 Å². The van der Waals surface area contributed by atoms with Crippen LogP contribution < -0.4 is 10.1 Å². The predicted octanol–water partition coefficient (Wildman–Crippen LogP) is 3.61. The summed E-state index contributed by atoms with van der Waals surface area (Å²) >= 11 is 5.83. The molecule has 148 valence electrons. The summed E-state index contributed by atoms with van der Waals surface area (Å²) < 4.78 is 10.9. The van der Waals surface area contributed by atoms with E-state index in [0.717, 1.165) is 0 Å². The Morgan fingerprint density at radius 3 is 2.54 bits per heavy atom. The van der Waals surface area contributed by atoms with Crippen molar-refractivity contribution in [2.75, 3.05) is 38.2 Å². The number of halogens is 1. The first-order valence-corrected chi connectivity index (χ1v) is 9.65. The van der Waals surface area contributed by atoms with Crippen molar-refractivity contribution in [2.45, 2.75) is 12.8 Å². The molecule has 1 aliphatic rings. The van der Waals surface area contributed by atoms with E-state index in [-0.39, 0.29) is 11.8 Å². The number of hydrogen-bond acceptors (Lipinski definition) is 4. The van der Waals surface area contributed by atoms with E-state index in [0.29, 0.717) is 67.8 Å². The van der Waals surface area contributed by atoms with E-state index < -0.39 is 0 Å². The van der Waals surface area contributed by atoms with Crippen molar-refractivity contribution in [2.24, 2.45) is 0 Å². The number of carbonyl (C=O) groups is 2. The number of amides is 2. The van der Waals surface area contributed by atoms with Gasteiger partial charge in [-0.25, -0.2) is 0 Å². The number of morpholine rings is 1. The van der Waals surface area contributed by atoms with Crippen molar-refractivity contribution in [3.63, 3.8) is 0 Å². The third-order valence-corrected chi connectivity index (χ3v) is 4.61. The molecule has 3 rings (SSSR count). The molecule has 0 spiro atoms. The second-order valence-corrected chi connectivity index (χ2v) is 6.84. The van der Waals surface area contributed by atoms with Crippen LogP contribution in [0.3, 0.4) is 0 Å². The number of benzene rings is 2. The van der Waals surface area contributed by atoms with Crippen LogP contribution in [-0.2, 0) is 9.53 Å². The summed E-state index contributed by atoms with van der Waals surface area (Å²) in [5.74, 6) is 0.471. The van der Waals surface area contributed by atoms with Gasteiger partial charge in [-0.1, -0.05) is 23.7 Å². The monoisotopic (exact) mass is 402 g/mol. The molecule has 1 N–H and O–H groups in total. The first-order valence-electron chi connectivity index (χ1n) is 9.28. The Balaban J connectivity index is 1.49. The quantitative estimate of drug-likeness (QED) is 0.718. The lowest BCUT2D eigenvalue weighted by atomic mass is 10.1. The fourth-order valence-electron chi connectivity index (χ4n) is 2.88. The van der Waals surface area contributed by atoms with Gasteiger partial charge < -0.3 is 19.7 Å². The smallest absolute Gasteiger partial charge is 0.256 e. The number of para-hydroxylation sites is 1. The number of rotatable bonds is 7. The van der Waals surface area contributed by atoms with Gasteiger partial charge in [-0.15, -0.1) is 0 Å². The Bertz CT molecular complexity index is 804. The average molecular weight is 403 g/mol. The molecule has 0 aromatic heterocycles. The number of anilines is 1. The fourth-order valence-corrected chi connectivity index (χ4v) is 3.01. The van der Waals surface area contributed by atoms with Crippen LogP contribution >= 0.6 is 11.6 Å². The molecular formula is C21H23ClN2O4. The summed E-state index contributed by atoms with van der Waals surface area (Å²) in [6.45, 7) is 2.61. The van der Waals surface area contributed by atoms with Crippen LogP contribution in [0, 0.1) is 0 Å². The molecular weight excluding hydrogens is 380 g/mol. The Kier molecular flexibility index (Phi) is 7.28. The first kappa shape index (κ1) is 20.2. The second-order valence-electron chi connectivity index (χ2n) is 6.40. The summed E-state index contributed by atoms with van der Waals surface area (Å²) in [6, 6.07) is 14.2. The average Bonchev–Trinajstić information content (AvgIpc) is 2.73. The van der Waals surface area contributed by atoms with Crippen LogP contribution in [0.25, 0.3) is 0 Å². The molecule has 0 saturated carbocycles. The highest BCUT2D eigenvalue weighted by atomic mass is 35.5. The van der Waals surface area contributed by atoms with Gasteiger partial charge >= 0.3 is 0 Å². The van der Waals surface area contributed by atoms with Crippen molar-refractivity contribution in [1.29, 1.82) is 0 Å². The molecule has 0 bridgehead atoms. The lowest BCUT2D eigenvalue weighted by Gasteiger charge is -2.27. The SMILES string of the molecule is O=C(CCCOc1ccc(Cl)cc1)Nc1ccccc1C(=O)N1CCOCC1. The molecule has 2 amide bonds. The van der Waals surface area contributed by atoms with Crippen molar-refractivity contribution >= 4 is 29.1 Å². The van der Waals surface area contributed by atoms with E-state index in [9.17, 15) is 9.59 Å². The third-order valence-electron chi connectivity index (χ3n) is 4.36. The van der Waals surface area contributed by atoms with E-state index >= 15 is 0 Å². The lowest BCUT2D eigenvalue weighted by molar-refractivity contribution is -0.116. The number of carbonyl (C=O) groups excluding carboxylic acids is 2. The van der Waals surface area contributed by atoms with E-state index in [1.165, 1.54) is 0 Å². The summed E-state index contributed by atoms with van der Waals surface area (Å²) in [5.41, 5.74) is 1.03. The Hall–Kier alpha value is -2.57.